The molecule has 0 aliphatic carbocycles. The average molecular weight is 464 g/mol. The van der Waals surface area contributed by atoms with Gasteiger partial charge in [-0.2, -0.15) is 0 Å². The molecule has 4 rings (SSSR count). The molecule has 6 nitrogen and oxygen atoms in total. The van der Waals surface area contributed by atoms with Crippen LogP contribution < -0.4 is 10.6 Å². The Bertz CT molecular complexity index is 1170. The van der Waals surface area contributed by atoms with Crippen molar-refractivity contribution in [2.24, 2.45) is 0 Å². The number of carbonyl (C=O) groups excluding carboxylic acids is 1. The van der Waals surface area contributed by atoms with Crippen LogP contribution in [0.2, 0.25) is 5.02 Å². The lowest BCUT2D eigenvalue weighted by Gasteiger charge is -2.14. The van der Waals surface area contributed by atoms with Gasteiger partial charge in [-0.25, -0.2) is 0 Å². The Morgan fingerprint density at radius 1 is 0.938 bits per heavy atom. The number of carbonyl (C=O) groups is 1. The van der Waals surface area contributed by atoms with Gasteiger partial charge < -0.3 is 10.6 Å². The lowest BCUT2D eigenvalue weighted by atomic mass is 10.3. The number of thioether (sulfide) groups is 1. The predicted octanol–water partition coefficient (Wildman–Crippen LogP) is 5.65. The molecular weight excluding hydrogens is 442 g/mol. The number of aromatic nitrogens is 3. The second-order valence-electron chi connectivity index (χ2n) is 7.05. The lowest BCUT2D eigenvalue weighted by Crippen LogP contribution is -2.23. The molecule has 0 radical (unpaired) electrons. The number of hydrogen-bond donors (Lipinski definition) is 2. The molecule has 8 heteroatoms. The Labute approximate surface area is 196 Å². The fourth-order valence-electron chi connectivity index (χ4n) is 3.05. The van der Waals surface area contributed by atoms with Crippen LogP contribution in [0.5, 0.6) is 0 Å². The van der Waals surface area contributed by atoms with Crippen LogP contribution in [-0.2, 0) is 11.3 Å². The Morgan fingerprint density at radius 3 is 2.28 bits per heavy atom. The van der Waals surface area contributed by atoms with E-state index in [2.05, 4.69) is 20.8 Å². The van der Waals surface area contributed by atoms with Crippen molar-refractivity contribution in [3.05, 3.63) is 95.8 Å². The van der Waals surface area contributed by atoms with E-state index in [4.69, 9.17) is 11.6 Å². The molecule has 0 aliphatic rings. The van der Waals surface area contributed by atoms with E-state index in [1.807, 2.05) is 96.4 Å². The maximum atomic E-state index is 12.7. The third-order valence-corrected chi connectivity index (χ3v) is 6.00. The van der Waals surface area contributed by atoms with Crippen molar-refractivity contribution in [3.8, 4) is 5.69 Å². The van der Waals surface area contributed by atoms with Crippen LogP contribution in [0, 0.1) is 0 Å². The first kappa shape index (κ1) is 21.9. The van der Waals surface area contributed by atoms with E-state index in [9.17, 15) is 4.79 Å². The van der Waals surface area contributed by atoms with Crippen LogP contribution >= 0.6 is 23.4 Å². The summed E-state index contributed by atoms with van der Waals surface area (Å²) in [5.74, 6) is 0.647. The monoisotopic (exact) mass is 463 g/mol. The molecule has 1 amide bonds. The minimum Gasteiger partial charge on any atom is -0.378 e. The zero-order valence-corrected chi connectivity index (χ0v) is 19.0. The number of anilines is 2. The molecule has 0 aliphatic heterocycles. The summed E-state index contributed by atoms with van der Waals surface area (Å²) in [6.07, 6.45) is 0. The van der Waals surface area contributed by atoms with Crippen LogP contribution in [0.1, 0.15) is 12.7 Å². The SMILES string of the molecule is CC(Sc1nnc(CNc2ccc(Cl)cc2)n1-c1ccccc1)C(=O)Nc1ccccc1. The van der Waals surface area contributed by atoms with Crippen molar-refractivity contribution in [1.29, 1.82) is 0 Å². The maximum Gasteiger partial charge on any atom is 0.237 e. The third kappa shape index (κ3) is 5.49. The van der Waals surface area contributed by atoms with Gasteiger partial charge in [0.1, 0.15) is 0 Å². The van der Waals surface area contributed by atoms with Crippen LogP contribution in [-0.4, -0.2) is 25.9 Å². The highest BCUT2D eigenvalue weighted by molar-refractivity contribution is 8.00. The molecule has 162 valence electrons. The zero-order valence-electron chi connectivity index (χ0n) is 17.4. The van der Waals surface area contributed by atoms with Gasteiger partial charge in [0.05, 0.1) is 11.8 Å². The van der Waals surface area contributed by atoms with Gasteiger partial charge in [0.2, 0.25) is 5.91 Å². The smallest absolute Gasteiger partial charge is 0.237 e. The Morgan fingerprint density at radius 2 is 1.59 bits per heavy atom. The molecule has 1 atom stereocenters. The summed E-state index contributed by atoms with van der Waals surface area (Å²) in [6.45, 7) is 2.33. The topological polar surface area (TPSA) is 71.8 Å². The van der Waals surface area contributed by atoms with Gasteiger partial charge in [-0.15, -0.1) is 10.2 Å². The first-order valence-corrected chi connectivity index (χ1v) is 11.4. The number of halogens is 1. The number of rotatable bonds is 8. The summed E-state index contributed by atoms with van der Waals surface area (Å²) in [6, 6.07) is 26.8. The molecule has 0 fully saturated rings. The van der Waals surface area contributed by atoms with Crippen molar-refractivity contribution < 1.29 is 4.79 Å². The molecule has 3 aromatic carbocycles. The lowest BCUT2D eigenvalue weighted by molar-refractivity contribution is -0.115. The molecule has 4 aromatic rings. The quantitative estimate of drug-likeness (QED) is 0.330. The van der Waals surface area contributed by atoms with Gasteiger partial charge in [-0.05, 0) is 55.5 Å². The van der Waals surface area contributed by atoms with E-state index >= 15 is 0 Å². The van der Waals surface area contributed by atoms with Gasteiger partial charge in [0.15, 0.2) is 11.0 Å². The molecule has 1 aromatic heterocycles. The molecule has 0 saturated heterocycles. The number of amides is 1. The minimum absolute atomic E-state index is 0.0929. The normalized spacial score (nSPS) is 11.7. The van der Waals surface area contributed by atoms with Crippen molar-refractivity contribution in [2.75, 3.05) is 10.6 Å². The standard InChI is InChI=1S/C24H22ClN5OS/c1-17(23(31)27-20-8-4-2-5-9-20)32-24-29-28-22(30(24)21-10-6-3-7-11-21)16-26-19-14-12-18(25)13-15-19/h2-15,17,26H,16H2,1H3,(H,27,31). The fourth-order valence-corrected chi connectivity index (χ4v) is 4.07. The second kappa shape index (κ2) is 10.3. The van der Waals surface area contributed by atoms with Gasteiger partial charge in [0.25, 0.3) is 0 Å². The summed E-state index contributed by atoms with van der Waals surface area (Å²) in [5.41, 5.74) is 2.63. The molecule has 1 unspecified atom stereocenters. The molecular formula is C24H22ClN5OS. The Kier molecular flexibility index (Phi) is 7.09. The highest BCUT2D eigenvalue weighted by Crippen LogP contribution is 2.27. The van der Waals surface area contributed by atoms with E-state index in [1.165, 1.54) is 11.8 Å². The number of nitrogens with zero attached hydrogens (tertiary/aromatic N) is 3. The number of nitrogens with one attached hydrogen (secondary N) is 2. The summed E-state index contributed by atoms with van der Waals surface area (Å²) in [5, 5.41) is 16.0. The number of hydrogen-bond acceptors (Lipinski definition) is 5. The van der Waals surface area contributed by atoms with Gasteiger partial charge in [0, 0.05) is 22.1 Å². The maximum absolute atomic E-state index is 12.7. The Balaban J connectivity index is 1.53. The zero-order chi connectivity index (χ0) is 22.3. The van der Waals surface area contributed by atoms with Crippen molar-refractivity contribution in [2.45, 2.75) is 23.9 Å². The first-order chi connectivity index (χ1) is 15.6. The third-order valence-electron chi connectivity index (χ3n) is 4.70. The summed E-state index contributed by atoms with van der Waals surface area (Å²) < 4.78 is 1.97. The molecule has 32 heavy (non-hydrogen) atoms. The van der Waals surface area contributed by atoms with E-state index in [0.29, 0.717) is 16.7 Å². The summed E-state index contributed by atoms with van der Waals surface area (Å²) in [7, 11) is 0. The summed E-state index contributed by atoms with van der Waals surface area (Å²) >= 11 is 7.34. The van der Waals surface area contributed by atoms with E-state index in [1.54, 1.807) is 0 Å². The Hall–Kier alpha value is -3.29. The van der Waals surface area contributed by atoms with Crippen molar-refractivity contribution >= 4 is 40.6 Å². The van der Waals surface area contributed by atoms with E-state index in [-0.39, 0.29) is 11.2 Å². The first-order valence-electron chi connectivity index (χ1n) is 10.1. The molecule has 0 saturated carbocycles. The molecule has 1 heterocycles. The van der Waals surface area contributed by atoms with Crippen molar-refractivity contribution in [1.82, 2.24) is 14.8 Å². The predicted molar refractivity (Wildman–Crippen MR) is 131 cm³/mol. The second-order valence-corrected chi connectivity index (χ2v) is 8.79. The molecule has 0 spiro atoms. The van der Waals surface area contributed by atoms with Crippen LogP contribution in [0.15, 0.2) is 90.1 Å². The summed E-state index contributed by atoms with van der Waals surface area (Å²) in [4.78, 5) is 12.7. The number of para-hydroxylation sites is 2. The highest BCUT2D eigenvalue weighted by atomic mass is 35.5. The van der Waals surface area contributed by atoms with E-state index in [0.717, 1.165) is 22.9 Å². The molecule has 0 bridgehead atoms. The highest BCUT2D eigenvalue weighted by Gasteiger charge is 2.21. The van der Waals surface area contributed by atoms with Gasteiger partial charge in [-0.3, -0.25) is 9.36 Å². The number of benzene rings is 3. The van der Waals surface area contributed by atoms with Gasteiger partial charge >= 0.3 is 0 Å². The minimum atomic E-state index is -0.362. The van der Waals surface area contributed by atoms with E-state index < -0.39 is 0 Å². The van der Waals surface area contributed by atoms with Crippen LogP contribution in [0.4, 0.5) is 11.4 Å². The fraction of sp³-hybridized carbons (Fsp3) is 0.125. The van der Waals surface area contributed by atoms with Crippen LogP contribution in [0.25, 0.3) is 5.69 Å². The molecule has 2 N–H and O–H groups in total. The van der Waals surface area contributed by atoms with Gasteiger partial charge in [-0.1, -0.05) is 59.8 Å². The largest absolute Gasteiger partial charge is 0.378 e. The average Bonchev–Trinajstić information content (AvgIpc) is 3.22. The van der Waals surface area contributed by atoms with Crippen LogP contribution in [0.3, 0.4) is 0 Å². The van der Waals surface area contributed by atoms with Crippen molar-refractivity contribution in [3.63, 3.8) is 0 Å².